The number of hydrogen-bond acceptors (Lipinski definition) is 6. The quantitative estimate of drug-likeness (QED) is 0.284. The zero-order valence-electron chi connectivity index (χ0n) is 17.9. The fraction of sp³-hybridized carbons (Fsp3) is 0.125. The van der Waals surface area contributed by atoms with Crippen LogP contribution in [0.25, 0.3) is 11.4 Å². The summed E-state index contributed by atoms with van der Waals surface area (Å²) in [4.78, 5) is 28.8. The van der Waals surface area contributed by atoms with Gasteiger partial charge in [-0.05, 0) is 23.8 Å². The highest BCUT2D eigenvalue weighted by Crippen LogP contribution is 2.31. The molecule has 6 nitrogen and oxygen atoms in total. The van der Waals surface area contributed by atoms with E-state index in [1.54, 1.807) is 18.3 Å². The highest BCUT2D eigenvalue weighted by Gasteiger charge is 2.31. The molecule has 0 aliphatic rings. The smallest absolute Gasteiger partial charge is 0.366 e. The molecule has 0 saturated carbocycles. The molecule has 178 valence electrons. The second kappa shape index (κ2) is 9.92. The van der Waals surface area contributed by atoms with Crippen molar-refractivity contribution >= 4 is 11.6 Å². The SMILES string of the molecule is O=C(Cc1cccnc1)c1cc(NCc2ccc(F)cc2F)nc(-c2cncc(C(F)(F)F)c2)n1. The molecule has 0 amide bonds. The summed E-state index contributed by atoms with van der Waals surface area (Å²) >= 11 is 0. The van der Waals surface area contributed by atoms with Crippen LogP contribution in [0.1, 0.15) is 27.2 Å². The van der Waals surface area contributed by atoms with E-state index in [4.69, 9.17) is 0 Å². The van der Waals surface area contributed by atoms with E-state index in [9.17, 15) is 26.7 Å². The Hall–Kier alpha value is -4.28. The predicted molar refractivity (Wildman–Crippen MR) is 116 cm³/mol. The van der Waals surface area contributed by atoms with E-state index in [2.05, 4.69) is 25.3 Å². The van der Waals surface area contributed by atoms with E-state index >= 15 is 0 Å². The molecule has 0 atom stereocenters. The Morgan fingerprint density at radius 3 is 2.49 bits per heavy atom. The van der Waals surface area contributed by atoms with Crippen molar-refractivity contribution in [2.75, 3.05) is 5.32 Å². The van der Waals surface area contributed by atoms with Crippen molar-refractivity contribution in [1.29, 1.82) is 0 Å². The van der Waals surface area contributed by atoms with E-state index in [0.29, 0.717) is 11.8 Å². The number of benzene rings is 1. The Kier molecular flexibility index (Phi) is 6.76. The molecular formula is C24H16F5N5O. The molecule has 0 spiro atoms. The van der Waals surface area contributed by atoms with Crippen molar-refractivity contribution in [2.45, 2.75) is 19.1 Å². The third kappa shape index (κ3) is 5.99. The van der Waals surface area contributed by atoms with Crippen LogP contribution in [-0.4, -0.2) is 25.7 Å². The molecular weight excluding hydrogens is 469 g/mol. The lowest BCUT2D eigenvalue weighted by Crippen LogP contribution is -2.12. The van der Waals surface area contributed by atoms with Crippen molar-refractivity contribution in [3.8, 4) is 11.4 Å². The molecule has 0 aliphatic heterocycles. The maximum absolute atomic E-state index is 14.0. The number of ketones is 1. The number of rotatable bonds is 7. The molecule has 4 rings (SSSR count). The van der Waals surface area contributed by atoms with Crippen molar-refractivity contribution in [3.05, 3.63) is 101 Å². The largest absolute Gasteiger partial charge is 0.417 e. The van der Waals surface area contributed by atoms with Gasteiger partial charge in [0.25, 0.3) is 0 Å². The first-order valence-electron chi connectivity index (χ1n) is 10.2. The number of anilines is 1. The van der Waals surface area contributed by atoms with Gasteiger partial charge in [-0.25, -0.2) is 18.7 Å². The van der Waals surface area contributed by atoms with Gasteiger partial charge in [0.05, 0.1) is 5.56 Å². The number of Topliss-reactive ketones (excluding diaryl/α,β-unsaturated/α-hetero) is 1. The van der Waals surface area contributed by atoms with Gasteiger partial charge < -0.3 is 5.32 Å². The highest BCUT2D eigenvalue weighted by atomic mass is 19.4. The predicted octanol–water partition coefficient (Wildman–Crippen LogP) is 5.27. The first-order valence-corrected chi connectivity index (χ1v) is 10.2. The Balaban J connectivity index is 1.69. The first-order chi connectivity index (χ1) is 16.7. The topological polar surface area (TPSA) is 80.7 Å². The number of aromatic nitrogens is 4. The number of nitrogens with zero attached hydrogens (tertiary/aromatic N) is 4. The van der Waals surface area contributed by atoms with Gasteiger partial charge in [-0.3, -0.25) is 14.8 Å². The van der Waals surface area contributed by atoms with E-state index in [1.807, 2.05) is 0 Å². The number of nitrogens with one attached hydrogen (secondary N) is 1. The number of pyridine rings is 2. The molecule has 3 aromatic heterocycles. The van der Waals surface area contributed by atoms with Gasteiger partial charge >= 0.3 is 6.18 Å². The average molecular weight is 485 g/mol. The van der Waals surface area contributed by atoms with Gasteiger partial charge in [0.15, 0.2) is 11.6 Å². The second-order valence-corrected chi connectivity index (χ2v) is 7.47. The standard InChI is InChI=1S/C24H16F5N5O/c25-18-4-3-15(19(26)8-18)12-32-22-9-20(21(35)6-14-2-1-5-30-10-14)33-23(34-22)16-7-17(13-31-11-16)24(27,28)29/h1-5,7-11,13H,6,12H2,(H,32,33,34). The third-order valence-electron chi connectivity index (χ3n) is 4.90. The molecule has 3 heterocycles. The minimum atomic E-state index is -4.64. The molecule has 0 radical (unpaired) electrons. The molecule has 0 bridgehead atoms. The summed E-state index contributed by atoms with van der Waals surface area (Å²) in [5.74, 6) is -2.08. The van der Waals surface area contributed by atoms with Crippen LogP contribution in [0.5, 0.6) is 0 Å². The van der Waals surface area contributed by atoms with Crippen LogP contribution in [0.2, 0.25) is 0 Å². The highest BCUT2D eigenvalue weighted by molar-refractivity contribution is 5.96. The van der Waals surface area contributed by atoms with E-state index in [-0.39, 0.29) is 41.4 Å². The normalized spacial score (nSPS) is 11.3. The van der Waals surface area contributed by atoms with Gasteiger partial charge in [0.1, 0.15) is 23.1 Å². The minimum Gasteiger partial charge on any atom is -0.366 e. The van der Waals surface area contributed by atoms with Gasteiger partial charge in [-0.1, -0.05) is 12.1 Å². The molecule has 1 aromatic carbocycles. The van der Waals surface area contributed by atoms with Gasteiger partial charge in [-0.15, -0.1) is 0 Å². The van der Waals surface area contributed by atoms with E-state index in [1.165, 1.54) is 18.3 Å². The van der Waals surface area contributed by atoms with Crippen LogP contribution in [0.4, 0.5) is 27.8 Å². The lowest BCUT2D eigenvalue weighted by molar-refractivity contribution is -0.137. The third-order valence-corrected chi connectivity index (χ3v) is 4.90. The molecule has 1 N–H and O–H groups in total. The summed E-state index contributed by atoms with van der Waals surface area (Å²) < 4.78 is 66.7. The molecule has 35 heavy (non-hydrogen) atoms. The summed E-state index contributed by atoms with van der Waals surface area (Å²) in [5, 5.41) is 2.81. The average Bonchev–Trinajstić information content (AvgIpc) is 2.83. The summed E-state index contributed by atoms with van der Waals surface area (Å²) in [6, 6.07) is 8.53. The van der Waals surface area contributed by atoms with Crippen molar-refractivity contribution < 1.29 is 26.7 Å². The van der Waals surface area contributed by atoms with Gasteiger partial charge in [0, 0.05) is 61.0 Å². The van der Waals surface area contributed by atoms with Crippen molar-refractivity contribution in [3.63, 3.8) is 0 Å². The lowest BCUT2D eigenvalue weighted by Gasteiger charge is -2.12. The maximum atomic E-state index is 14.0. The van der Waals surface area contributed by atoms with Crippen LogP contribution >= 0.6 is 0 Å². The molecule has 0 unspecified atom stereocenters. The molecule has 0 saturated heterocycles. The molecule has 11 heteroatoms. The summed E-state index contributed by atoms with van der Waals surface area (Å²) in [6.45, 7) is -0.125. The minimum absolute atomic E-state index is 0.0584. The second-order valence-electron chi connectivity index (χ2n) is 7.47. The molecule has 0 aliphatic carbocycles. The van der Waals surface area contributed by atoms with E-state index in [0.717, 1.165) is 24.4 Å². The van der Waals surface area contributed by atoms with Gasteiger partial charge in [-0.2, -0.15) is 13.2 Å². The number of carbonyl (C=O) groups is 1. The van der Waals surface area contributed by atoms with E-state index < -0.39 is 29.2 Å². The van der Waals surface area contributed by atoms with Crippen LogP contribution in [0, 0.1) is 11.6 Å². The molecule has 4 aromatic rings. The number of alkyl halides is 3. The first kappa shape index (κ1) is 23.9. The monoisotopic (exact) mass is 485 g/mol. The zero-order chi connectivity index (χ0) is 25.0. The van der Waals surface area contributed by atoms with Crippen molar-refractivity contribution in [1.82, 2.24) is 19.9 Å². The fourth-order valence-corrected chi connectivity index (χ4v) is 3.16. The van der Waals surface area contributed by atoms with Gasteiger partial charge in [0.2, 0.25) is 0 Å². The Labute approximate surface area is 195 Å². The molecule has 0 fully saturated rings. The van der Waals surface area contributed by atoms with Crippen LogP contribution in [0.3, 0.4) is 0 Å². The van der Waals surface area contributed by atoms with Crippen molar-refractivity contribution in [2.24, 2.45) is 0 Å². The Morgan fingerprint density at radius 1 is 0.943 bits per heavy atom. The number of carbonyl (C=O) groups excluding carboxylic acids is 1. The number of hydrogen-bond donors (Lipinski definition) is 1. The van der Waals surface area contributed by atoms with Crippen LogP contribution in [-0.2, 0) is 19.1 Å². The Morgan fingerprint density at radius 2 is 1.77 bits per heavy atom. The van der Waals surface area contributed by atoms with Crippen LogP contribution in [0.15, 0.2) is 67.3 Å². The van der Waals surface area contributed by atoms with Crippen LogP contribution < -0.4 is 5.32 Å². The zero-order valence-corrected chi connectivity index (χ0v) is 17.9. The number of halogens is 5. The lowest BCUT2D eigenvalue weighted by atomic mass is 10.1. The fourth-order valence-electron chi connectivity index (χ4n) is 3.16. The summed E-state index contributed by atoms with van der Waals surface area (Å²) in [7, 11) is 0. The Bertz CT molecular complexity index is 1360. The summed E-state index contributed by atoms with van der Waals surface area (Å²) in [5.41, 5.74) is -0.407. The maximum Gasteiger partial charge on any atom is 0.417 e. The summed E-state index contributed by atoms with van der Waals surface area (Å²) in [6.07, 6.45) is 0.164.